The molecule has 4 heteroatoms. The van der Waals surface area contributed by atoms with Crippen LogP contribution in [0.1, 0.15) is 20.3 Å². The molecule has 90 valence electrons. The van der Waals surface area contributed by atoms with Crippen molar-refractivity contribution in [2.75, 3.05) is 33.9 Å². The summed E-state index contributed by atoms with van der Waals surface area (Å²) >= 11 is 0. The van der Waals surface area contributed by atoms with Crippen LogP contribution in [0.5, 0.6) is 0 Å². The maximum atomic E-state index is 5.85. The Morgan fingerprint density at radius 1 is 1.27 bits per heavy atom. The second kappa shape index (κ2) is 5.25. The lowest BCUT2D eigenvalue weighted by Gasteiger charge is -2.37. The average molecular weight is 216 g/mol. The van der Waals surface area contributed by atoms with Crippen molar-refractivity contribution in [1.29, 1.82) is 0 Å². The molecule has 0 aromatic carbocycles. The van der Waals surface area contributed by atoms with Gasteiger partial charge >= 0.3 is 0 Å². The molecule has 0 saturated carbocycles. The van der Waals surface area contributed by atoms with Crippen molar-refractivity contribution in [3.8, 4) is 0 Å². The van der Waals surface area contributed by atoms with Crippen LogP contribution < -0.4 is 5.73 Å². The standard InChI is InChI=1S/C11H24N2O2/c1-5-11(2,8-12)13-6-9(14-3)10(7-13)15-4/h9-10H,5-8,12H2,1-4H3. The zero-order valence-corrected chi connectivity index (χ0v) is 10.3. The maximum absolute atomic E-state index is 5.85. The van der Waals surface area contributed by atoms with Crippen molar-refractivity contribution in [3.05, 3.63) is 0 Å². The summed E-state index contributed by atoms with van der Waals surface area (Å²) in [5.74, 6) is 0. The molecule has 0 aromatic heterocycles. The number of rotatable bonds is 5. The van der Waals surface area contributed by atoms with Gasteiger partial charge in [-0.15, -0.1) is 0 Å². The first-order valence-electron chi connectivity index (χ1n) is 5.62. The molecule has 1 aliphatic rings. The monoisotopic (exact) mass is 216 g/mol. The van der Waals surface area contributed by atoms with E-state index in [1.54, 1.807) is 14.2 Å². The van der Waals surface area contributed by atoms with Crippen LogP contribution in [0.4, 0.5) is 0 Å². The number of nitrogens with two attached hydrogens (primary N) is 1. The van der Waals surface area contributed by atoms with E-state index in [4.69, 9.17) is 15.2 Å². The molecule has 1 heterocycles. The first-order chi connectivity index (χ1) is 7.11. The third-order valence-electron chi connectivity index (χ3n) is 3.79. The highest BCUT2D eigenvalue weighted by molar-refractivity contribution is 4.95. The molecule has 3 unspecified atom stereocenters. The normalized spacial score (nSPS) is 31.8. The molecule has 2 N–H and O–H groups in total. The van der Waals surface area contributed by atoms with Crippen LogP contribution in [-0.2, 0) is 9.47 Å². The summed E-state index contributed by atoms with van der Waals surface area (Å²) in [5, 5.41) is 0. The summed E-state index contributed by atoms with van der Waals surface area (Å²) in [4.78, 5) is 2.38. The van der Waals surface area contributed by atoms with Crippen LogP contribution in [0.3, 0.4) is 0 Å². The molecule has 1 fully saturated rings. The molecule has 0 radical (unpaired) electrons. The lowest BCUT2D eigenvalue weighted by Crippen LogP contribution is -2.50. The van der Waals surface area contributed by atoms with Gasteiger partial charge < -0.3 is 15.2 Å². The van der Waals surface area contributed by atoms with Crippen LogP contribution in [0.15, 0.2) is 0 Å². The van der Waals surface area contributed by atoms with Gasteiger partial charge in [-0.3, -0.25) is 4.90 Å². The minimum absolute atomic E-state index is 0.0735. The Bertz CT molecular complexity index is 183. The second-order valence-corrected chi connectivity index (χ2v) is 4.51. The fourth-order valence-corrected chi connectivity index (χ4v) is 2.13. The molecule has 1 saturated heterocycles. The number of hydrogen-bond donors (Lipinski definition) is 1. The molecule has 3 atom stereocenters. The zero-order valence-electron chi connectivity index (χ0n) is 10.3. The fourth-order valence-electron chi connectivity index (χ4n) is 2.13. The zero-order chi connectivity index (χ0) is 11.5. The number of nitrogens with zero attached hydrogens (tertiary/aromatic N) is 1. The van der Waals surface area contributed by atoms with E-state index in [1.165, 1.54) is 0 Å². The van der Waals surface area contributed by atoms with Crippen LogP contribution >= 0.6 is 0 Å². The Kier molecular flexibility index (Phi) is 4.52. The summed E-state index contributed by atoms with van der Waals surface area (Å²) in [6.45, 7) is 6.88. The number of methoxy groups -OCH3 is 2. The van der Waals surface area contributed by atoms with Crippen molar-refractivity contribution < 1.29 is 9.47 Å². The highest BCUT2D eigenvalue weighted by atomic mass is 16.5. The highest BCUT2D eigenvalue weighted by Gasteiger charge is 2.40. The van der Waals surface area contributed by atoms with Crippen LogP contribution in [0.2, 0.25) is 0 Å². The van der Waals surface area contributed by atoms with Crippen molar-refractivity contribution in [2.24, 2.45) is 5.73 Å². The van der Waals surface area contributed by atoms with E-state index < -0.39 is 0 Å². The van der Waals surface area contributed by atoms with Crippen molar-refractivity contribution in [1.82, 2.24) is 4.90 Å². The van der Waals surface area contributed by atoms with Crippen LogP contribution in [0, 0.1) is 0 Å². The van der Waals surface area contributed by atoms with Gasteiger partial charge in [-0.2, -0.15) is 0 Å². The van der Waals surface area contributed by atoms with Gasteiger partial charge in [0.25, 0.3) is 0 Å². The smallest absolute Gasteiger partial charge is 0.0972 e. The quantitative estimate of drug-likeness (QED) is 0.725. The molecular formula is C11H24N2O2. The predicted octanol–water partition coefficient (Wildman–Crippen LogP) is 0.459. The lowest BCUT2D eigenvalue weighted by molar-refractivity contribution is -0.00461. The Labute approximate surface area is 92.7 Å². The molecule has 4 nitrogen and oxygen atoms in total. The van der Waals surface area contributed by atoms with E-state index in [2.05, 4.69) is 18.7 Å². The fraction of sp³-hybridized carbons (Fsp3) is 1.00. The van der Waals surface area contributed by atoms with Gasteiger partial charge in [0.2, 0.25) is 0 Å². The first kappa shape index (κ1) is 12.9. The number of hydrogen-bond acceptors (Lipinski definition) is 4. The van der Waals surface area contributed by atoms with Gasteiger partial charge in [0.1, 0.15) is 0 Å². The van der Waals surface area contributed by atoms with Crippen molar-refractivity contribution in [2.45, 2.75) is 38.0 Å². The summed E-state index contributed by atoms with van der Waals surface area (Å²) in [7, 11) is 3.48. The third-order valence-corrected chi connectivity index (χ3v) is 3.79. The molecule has 0 aliphatic carbocycles. The third kappa shape index (κ3) is 2.50. The van der Waals surface area contributed by atoms with Gasteiger partial charge in [-0.1, -0.05) is 6.92 Å². The highest BCUT2D eigenvalue weighted by Crippen LogP contribution is 2.26. The van der Waals surface area contributed by atoms with Crippen LogP contribution in [0.25, 0.3) is 0 Å². The van der Waals surface area contributed by atoms with E-state index in [0.29, 0.717) is 6.54 Å². The summed E-state index contributed by atoms with van der Waals surface area (Å²) in [6.07, 6.45) is 1.40. The molecule has 0 aromatic rings. The molecule has 0 bridgehead atoms. The Morgan fingerprint density at radius 3 is 2.00 bits per heavy atom. The molecule has 15 heavy (non-hydrogen) atoms. The topological polar surface area (TPSA) is 47.7 Å². The van der Waals surface area contributed by atoms with E-state index in [0.717, 1.165) is 19.5 Å². The molecule has 0 amide bonds. The Balaban J connectivity index is 2.67. The van der Waals surface area contributed by atoms with E-state index in [-0.39, 0.29) is 17.7 Å². The van der Waals surface area contributed by atoms with E-state index in [9.17, 15) is 0 Å². The minimum atomic E-state index is 0.0735. The molecule has 0 spiro atoms. The van der Waals surface area contributed by atoms with E-state index in [1.807, 2.05) is 0 Å². The van der Waals surface area contributed by atoms with Crippen molar-refractivity contribution >= 4 is 0 Å². The van der Waals surface area contributed by atoms with Crippen LogP contribution in [-0.4, -0.2) is 56.5 Å². The molecular weight excluding hydrogens is 192 g/mol. The Morgan fingerprint density at radius 2 is 1.73 bits per heavy atom. The van der Waals surface area contributed by atoms with Gasteiger partial charge in [-0.05, 0) is 13.3 Å². The second-order valence-electron chi connectivity index (χ2n) is 4.51. The van der Waals surface area contributed by atoms with E-state index >= 15 is 0 Å². The summed E-state index contributed by atoms with van der Waals surface area (Å²) < 4.78 is 10.8. The van der Waals surface area contributed by atoms with Gasteiger partial charge in [0, 0.05) is 39.4 Å². The largest absolute Gasteiger partial charge is 0.377 e. The SMILES string of the molecule is CCC(C)(CN)N1CC(OC)C(OC)C1. The van der Waals surface area contributed by atoms with Gasteiger partial charge in [0.15, 0.2) is 0 Å². The lowest BCUT2D eigenvalue weighted by atomic mass is 9.97. The summed E-state index contributed by atoms with van der Waals surface area (Å²) in [6, 6.07) is 0. The Hall–Kier alpha value is -0.160. The minimum Gasteiger partial charge on any atom is -0.377 e. The average Bonchev–Trinajstić information content (AvgIpc) is 2.71. The van der Waals surface area contributed by atoms with Gasteiger partial charge in [0.05, 0.1) is 12.2 Å². The number of likely N-dealkylation sites (tertiary alicyclic amines) is 1. The summed E-state index contributed by atoms with van der Waals surface area (Å²) in [5.41, 5.74) is 5.92. The molecule has 1 aliphatic heterocycles. The molecule has 1 rings (SSSR count). The first-order valence-corrected chi connectivity index (χ1v) is 5.62. The van der Waals surface area contributed by atoms with Crippen molar-refractivity contribution in [3.63, 3.8) is 0 Å². The predicted molar refractivity (Wildman–Crippen MR) is 60.9 cm³/mol. The van der Waals surface area contributed by atoms with Gasteiger partial charge in [-0.25, -0.2) is 0 Å². The number of ether oxygens (including phenoxy) is 2. The maximum Gasteiger partial charge on any atom is 0.0972 e.